The zero-order chi connectivity index (χ0) is 23.1. The predicted octanol–water partition coefficient (Wildman–Crippen LogP) is 3.85. The molecule has 0 spiro atoms. The van der Waals surface area contributed by atoms with Crippen molar-refractivity contribution in [1.29, 1.82) is 5.26 Å². The molecule has 3 N–H and O–H groups in total. The number of nitriles is 1. The van der Waals surface area contributed by atoms with Crippen LogP contribution in [0, 0.1) is 11.3 Å². The molecule has 0 saturated carbocycles. The van der Waals surface area contributed by atoms with Crippen LogP contribution in [-0.4, -0.2) is 21.0 Å². The van der Waals surface area contributed by atoms with E-state index in [0.717, 1.165) is 0 Å². The summed E-state index contributed by atoms with van der Waals surface area (Å²) in [6.45, 7) is 0. The third kappa shape index (κ3) is 3.52. The van der Waals surface area contributed by atoms with E-state index >= 15 is 0 Å². The molecule has 0 unspecified atom stereocenters. The second-order valence-electron chi connectivity index (χ2n) is 7.22. The van der Waals surface area contributed by atoms with Gasteiger partial charge >= 0.3 is 5.63 Å². The van der Waals surface area contributed by atoms with E-state index < -0.39 is 11.5 Å². The number of carbonyl (C=O) groups is 1. The smallest absolute Gasteiger partial charge is 0.349 e. The molecule has 0 bridgehead atoms. The number of anilines is 1. The van der Waals surface area contributed by atoms with E-state index in [-0.39, 0.29) is 22.7 Å². The molecular formula is C24H14N4O4S. The zero-order valence-electron chi connectivity index (χ0n) is 16.9. The van der Waals surface area contributed by atoms with Crippen molar-refractivity contribution < 1.29 is 14.3 Å². The quantitative estimate of drug-likeness (QED) is 0.435. The number of amides is 1. The Kier molecular flexibility index (Phi) is 4.92. The predicted molar refractivity (Wildman–Crippen MR) is 125 cm³/mol. The van der Waals surface area contributed by atoms with Crippen molar-refractivity contribution in [1.82, 2.24) is 4.98 Å². The second kappa shape index (κ2) is 7.93. The fourth-order valence-corrected chi connectivity index (χ4v) is 4.67. The number of aromatic nitrogens is 1. The van der Waals surface area contributed by atoms with Crippen LogP contribution in [-0.2, 0) is 5.75 Å². The molecule has 33 heavy (non-hydrogen) atoms. The van der Waals surface area contributed by atoms with Gasteiger partial charge in [0.25, 0.3) is 5.91 Å². The fourth-order valence-electron chi connectivity index (χ4n) is 3.68. The number of hydrogen-bond acceptors (Lipinski definition) is 8. The van der Waals surface area contributed by atoms with Gasteiger partial charge in [-0.25, -0.2) is 14.8 Å². The molecule has 2 aromatic carbocycles. The maximum atomic E-state index is 13.0. The minimum atomic E-state index is -0.779. The molecule has 1 aliphatic heterocycles. The number of phenolic OH excluding ortho intramolecular Hbond substituents is 1. The van der Waals surface area contributed by atoms with Crippen molar-refractivity contribution in [3.8, 4) is 22.9 Å². The molecule has 3 heterocycles. The van der Waals surface area contributed by atoms with E-state index in [0.29, 0.717) is 44.2 Å². The molecule has 0 fully saturated rings. The maximum absolute atomic E-state index is 13.0. The average molecular weight is 454 g/mol. The molecule has 2 aromatic heterocycles. The van der Waals surface area contributed by atoms with Gasteiger partial charge in [-0.05, 0) is 29.8 Å². The third-order valence-corrected chi connectivity index (χ3v) is 6.19. The molecule has 1 aliphatic rings. The van der Waals surface area contributed by atoms with E-state index in [2.05, 4.69) is 16.0 Å². The highest BCUT2D eigenvalue weighted by Gasteiger charge is 2.29. The lowest BCUT2D eigenvalue weighted by Crippen LogP contribution is -2.14. The minimum Gasteiger partial charge on any atom is -0.508 e. The van der Waals surface area contributed by atoms with Gasteiger partial charge in [0.15, 0.2) is 0 Å². The summed E-state index contributed by atoms with van der Waals surface area (Å²) in [4.78, 5) is 33.9. The number of pyridine rings is 1. The van der Waals surface area contributed by atoms with Crippen molar-refractivity contribution in [3.63, 3.8) is 0 Å². The standard InChI is InChI=1S/C24H14N4O4S/c25-10-16-19(12-5-7-14(29)8-6-12)20-17(27-21(16)26)11-33-23(20)28-22(30)15-9-13-3-1-2-4-18(13)32-24(15)31/h1-9,29H,11H2,(H2,26,27). The van der Waals surface area contributed by atoms with E-state index in [1.54, 1.807) is 36.4 Å². The molecule has 0 aliphatic carbocycles. The van der Waals surface area contributed by atoms with Gasteiger partial charge in [0.2, 0.25) is 0 Å². The van der Waals surface area contributed by atoms with Crippen LogP contribution in [0.2, 0.25) is 0 Å². The van der Waals surface area contributed by atoms with Gasteiger partial charge in [-0.15, -0.1) is 0 Å². The number of rotatable bonds is 2. The van der Waals surface area contributed by atoms with Crippen LogP contribution in [0.3, 0.4) is 0 Å². The Labute approximate surface area is 191 Å². The molecule has 0 saturated heterocycles. The number of phenols is 1. The van der Waals surface area contributed by atoms with E-state index in [4.69, 9.17) is 10.2 Å². The molecule has 9 heteroatoms. The van der Waals surface area contributed by atoms with Crippen LogP contribution < -0.4 is 11.4 Å². The number of thioether (sulfide) groups is 1. The second-order valence-corrected chi connectivity index (χ2v) is 8.19. The number of carbonyl (C=O) groups excluding carboxylic acids is 1. The van der Waals surface area contributed by atoms with Gasteiger partial charge in [-0.2, -0.15) is 5.26 Å². The van der Waals surface area contributed by atoms with Crippen molar-refractivity contribution in [2.75, 3.05) is 5.73 Å². The summed E-state index contributed by atoms with van der Waals surface area (Å²) in [6.07, 6.45) is 0. The Hall–Kier alpha value is -4.42. The van der Waals surface area contributed by atoms with Crippen molar-refractivity contribution >= 4 is 39.5 Å². The highest BCUT2D eigenvalue weighted by molar-refractivity contribution is 8.14. The van der Waals surface area contributed by atoms with Gasteiger partial charge in [-0.1, -0.05) is 42.1 Å². The monoisotopic (exact) mass is 454 g/mol. The van der Waals surface area contributed by atoms with Crippen LogP contribution in [0.25, 0.3) is 22.1 Å². The number of aromatic hydroxyl groups is 1. The number of aliphatic imine (C=N–C) groups is 1. The van der Waals surface area contributed by atoms with Crippen molar-refractivity contribution in [2.24, 2.45) is 4.99 Å². The number of nitrogens with two attached hydrogens (primary N) is 1. The molecule has 0 atom stereocenters. The number of nitrogen functional groups attached to an aromatic ring is 1. The molecule has 4 aromatic rings. The molecule has 5 rings (SSSR count). The van der Waals surface area contributed by atoms with Crippen LogP contribution in [0.1, 0.15) is 27.2 Å². The largest absolute Gasteiger partial charge is 0.508 e. The zero-order valence-corrected chi connectivity index (χ0v) is 17.7. The first-order valence-electron chi connectivity index (χ1n) is 9.77. The molecule has 1 amide bonds. The summed E-state index contributed by atoms with van der Waals surface area (Å²) >= 11 is 1.26. The first-order chi connectivity index (χ1) is 16.0. The van der Waals surface area contributed by atoms with E-state index in [9.17, 15) is 20.0 Å². The summed E-state index contributed by atoms with van der Waals surface area (Å²) in [7, 11) is 0. The first kappa shape index (κ1) is 20.5. The Morgan fingerprint density at radius 3 is 2.70 bits per heavy atom. The Balaban J connectivity index is 1.68. The van der Waals surface area contributed by atoms with E-state index in [1.165, 1.54) is 30.0 Å². The van der Waals surface area contributed by atoms with Crippen LogP contribution in [0.4, 0.5) is 5.82 Å². The number of hydrogen-bond donors (Lipinski definition) is 2. The van der Waals surface area contributed by atoms with Crippen molar-refractivity contribution in [2.45, 2.75) is 5.75 Å². The number of nitrogens with zero attached hydrogens (tertiary/aromatic N) is 3. The summed E-state index contributed by atoms with van der Waals surface area (Å²) in [6, 6.07) is 16.7. The van der Waals surface area contributed by atoms with Crippen LogP contribution in [0.5, 0.6) is 5.75 Å². The van der Waals surface area contributed by atoms with Crippen molar-refractivity contribution in [3.05, 3.63) is 87.4 Å². The number of benzene rings is 2. The normalized spacial score (nSPS) is 13.7. The molecule has 8 nitrogen and oxygen atoms in total. The lowest BCUT2D eigenvalue weighted by atomic mass is 9.94. The number of para-hydroxylation sites is 1. The lowest BCUT2D eigenvalue weighted by molar-refractivity contribution is 0.1000. The van der Waals surface area contributed by atoms with E-state index in [1.807, 2.05) is 0 Å². The Morgan fingerprint density at radius 2 is 1.94 bits per heavy atom. The average Bonchev–Trinajstić information content (AvgIpc) is 3.20. The highest BCUT2D eigenvalue weighted by atomic mass is 32.2. The van der Waals surface area contributed by atoms with Gasteiger partial charge in [-0.3, -0.25) is 4.79 Å². The van der Waals surface area contributed by atoms with Crippen LogP contribution >= 0.6 is 11.8 Å². The first-order valence-corrected chi connectivity index (χ1v) is 10.8. The summed E-state index contributed by atoms with van der Waals surface area (Å²) in [5, 5.41) is 20.3. The lowest BCUT2D eigenvalue weighted by Gasteiger charge is -2.12. The Morgan fingerprint density at radius 1 is 1.18 bits per heavy atom. The Bertz CT molecular complexity index is 1580. The maximum Gasteiger partial charge on any atom is 0.349 e. The van der Waals surface area contributed by atoms with Gasteiger partial charge in [0.1, 0.15) is 39.4 Å². The highest BCUT2D eigenvalue weighted by Crippen LogP contribution is 2.40. The molecular weight excluding hydrogens is 440 g/mol. The summed E-state index contributed by atoms with van der Waals surface area (Å²) in [5.74, 6) is -0.216. The third-order valence-electron chi connectivity index (χ3n) is 5.20. The number of fused-ring (bicyclic) bond motifs is 2. The topological polar surface area (TPSA) is 143 Å². The minimum absolute atomic E-state index is 0.0670. The molecule has 160 valence electrons. The van der Waals surface area contributed by atoms with Gasteiger partial charge in [0, 0.05) is 22.3 Å². The molecule has 0 radical (unpaired) electrons. The van der Waals surface area contributed by atoms with Gasteiger partial charge in [0.05, 0.1) is 5.69 Å². The summed E-state index contributed by atoms with van der Waals surface area (Å²) in [5.41, 5.74) is 7.76. The van der Waals surface area contributed by atoms with Crippen LogP contribution in [0.15, 0.2) is 68.8 Å². The fraction of sp³-hybridized carbons (Fsp3) is 0.0417. The van der Waals surface area contributed by atoms with Gasteiger partial charge < -0.3 is 15.3 Å². The SMILES string of the molecule is N#Cc1c(N)nc2c(c1-c1ccc(O)cc1)C(=NC(=O)c1cc3ccccc3oc1=O)SC2. The summed E-state index contributed by atoms with van der Waals surface area (Å²) < 4.78 is 5.26.